The van der Waals surface area contributed by atoms with Gasteiger partial charge in [-0.2, -0.15) is 26.3 Å². The number of aryl methyl sites for hydroxylation is 2. The Kier molecular flexibility index (Phi) is 7.15. The molecule has 2 rings (SSSR count). The number of hydrogen-bond acceptors (Lipinski definition) is 1. The normalized spacial score (nSPS) is 12.3. The van der Waals surface area contributed by atoms with Crippen molar-refractivity contribution in [2.45, 2.75) is 26.2 Å². The number of rotatable bonds is 3. The Labute approximate surface area is 160 Å². The van der Waals surface area contributed by atoms with E-state index in [0.29, 0.717) is 29.1 Å². The Morgan fingerprint density at radius 1 is 0.885 bits per heavy atom. The maximum absolute atomic E-state index is 13.1. The zero-order valence-corrected chi connectivity index (χ0v) is 15.1. The van der Waals surface area contributed by atoms with Crippen LogP contribution in [0.15, 0.2) is 36.4 Å². The van der Waals surface area contributed by atoms with Gasteiger partial charge in [0.05, 0.1) is 11.1 Å². The minimum atomic E-state index is -5.06. The van der Waals surface area contributed by atoms with Crippen LogP contribution in [0.1, 0.15) is 32.6 Å². The monoisotopic (exact) mass is 385 g/mol. The van der Waals surface area contributed by atoms with Crippen molar-refractivity contribution in [1.29, 1.82) is 0 Å². The van der Waals surface area contributed by atoms with Crippen molar-refractivity contribution in [3.05, 3.63) is 64.2 Å². The zero-order valence-electron chi connectivity index (χ0n) is 14.1. The summed E-state index contributed by atoms with van der Waals surface area (Å²) in [5, 5.41) is 0.426. The second-order valence-electron chi connectivity index (χ2n) is 5.50. The van der Waals surface area contributed by atoms with Gasteiger partial charge in [-0.25, -0.2) is 0 Å². The van der Waals surface area contributed by atoms with Crippen molar-refractivity contribution < 1.29 is 31.1 Å². The number of carbonyl (C=O) groups is 1. The summed E-state index contributed by atoms with van der Waals surface area (Å²) in [4.78, 5) is 12.4. The maximum Gasteiger partial charge on any atom is 0.417 e. The number of carbonyl (C=O) groups excluding carboxylic acids is 1. The SMILES string of the molecule is Cc1ccc(C)c(PC(=O)c2c(C(F)(F)F)cccc2C(F)(F)F)c1.[Li]. The average molecular weight is 385 g/mol. The third-order valence-electron chi connectivity index (χ3n) is 3.54. The van der Waals surface area contributed by atoms with Gasteiger partial charge in [0.15, 0.2) is 5.52 Å². The van der Waals surface area contributed by atoms with Crippen LogP contribution in [0, 0.1) is 13.8 Å². The topological polar surface area (TPSA) is 17.1 Å². The van der Waals surface area contributed by atoms with Crippen LogP contribution in [-0.2, 0) is 12.4 Å². The van der Waals surface area contributed by atoms with Crippen molar-refractivity contribution in [1.82, 2.24) is 0 Å². The fourth-order valence-corrected chi connectivity index (χ4v) is 3.54. The predicted octanol–water partition coefficient (Wildman–Crippen LogP) is 5.10. The summed E-state index contributed by atoms with van der Waals surface area (Å²) in [6, 6.07) is 6.66. The molecular formula is C17H13F6LiOP. The number of benzene rings is 2. The second-order valence-corrected chi connectivity index (χ2v) is 6.74. The molecule has 0 saturated heterocycles. The van der Waals surface area contributed by atoms with Gasteiger partial charge in [-0.3, -0.25) is 4.79 Å². The zero-order chi connectivity index (χ0) is 19.0. The van der Waals surface area contributed by atoms with Crippen LogP contribution in [0.5, 0.6) is 0 Å². The molecule has 0 aliphatic carbocycles. The summed E-state index contributed by atoms with van der Waals surface area (Å²) >= 11 is 0. The molecule has 9 heteroatoms. The van der Waals surface area contributed by atoms with Crippen LogP contribution in [0.4, 0.5) is 26.3 Å². The summed E-state index contributed by atoms with van der Waals surface area (Å²) in [5.41, 5.74) is -4.23. The first-order valence-corrected chi connectivity index (χ1v) is 8.07. The van der Waals surface area contributed by atoms with E-state index < -0.39 is 43.1 Å². The first kappa shape index (κ1) is 22.8. The summed E-state index contributed by atoms with van der Waals surface area (Å²) in [6.45, 7) is 3.37. The van der Waals surface area contributed by atoms with E-state index in [-0.39, 0.29) is 18.9 Å². The predicted molar refractivity (Wildman–Crippen MR) is 90.4 cm³/mol. The van der Waals surface area contributed by atoms with Crippen molar-refractivity contribution in [2.75, 3.05) is 0 Å². The first-order valence-electron chi connectivity index (χ1n) is 7.07. The molecule has 0 bridgehead atoms. The molecular weight excluding hydrogens is 372 g/mol. The molecule has 0 aliphatic heterocycles. The van der Waals surface area contributed by atoms with Gasteiger partial charge in [0.1, 0.15) is 0 Å². The van der Waals surface area contributed by atoms with Crippen molar-refractivity contribution in [3.8, 4) is 0 Å². The van der Waals surface area contributed by atoms with E-state index in [2.05, 4.69) is 0 Å². The fourth-order valence-electron chi connectivity index (χ4n) is 2.32. The number of hydrogen-bond donors (Lipinski definition) is 0. The average Bonchev–Trinajstić information content (AvgIpc) is 2.48. The largest absolute Gasteiger partial charge is 0.417 e. The molecule has 0 fully saturated rings. The molecule has 0 aromatic heterocycles. The van der Waals surface area contributed by atoms with Gasteiger partial charge < -0.3 is 0 Å². The molecule has 1 unspecified atom stereocenters. The van der Waals surface area contributed by atoms with Crippen molar-refractivity contribution in [2.24, 2.45) is 0 Å². The maximum atomic E-state index is 13.1. The van der Waals surface area contributed by atoms with Gasteiger partial charge in [-0.15, -0.1) is 0 Å². The second kappa shape index (κ2) is 8.17. The molecule has 2 aromatic carbocycles. The van der Waals surface area contributed by atoms with Crippen molar-refractivity contribution >= 4 is 38.3 Å². The summed E-state index contributed by atoms with van der Waals surface area (Å²) in [5.74, 6) is 0. The van der Waals surface area contributed by atoms with E-state index in [4.69, 9.17) is 0 Å². The minimum absolute atomic E-state index is 0. The van der Waals surface area contributed by atoms with Gasteiger partial charge in [0, 0.05) is 24.4 Å². The van der Waals surface area contributed by atoms with E-state index in [0.717, 1.165) is 5.56 Å². The minimum Gasteiger partial charge on any atom is -0.289 e. The smallest absolute Gasteiger partial charge is 0.289 e. The Hall–Kier alpha value is -1.28. The van der Waals surface area contributed by atoms with Gasteiger partial charge in [0.25, 0.3) is 0 Å². The molecule has 0 spiro atoms. The van der Waals surface area contributed by atoms with E-state index >= 15 is 0 Å². The Balaban J connectivity index is 0.00000338. The molecule has 2 aromatic rings. The fraction of sp³-hybridized carbons (Fsp3) is 0.235. The third-order valence-corrected chi connectivity index (χ3v) is 4.83. The number of alkyl halides is 6. The first-order chi connectivity index (χ1) is 11.4. The third kappa shape index (κ3) is 5.13. The molecule has 0 N–H and O–H groups in total. The Bertz CT molecular complexity index is 782. The van der Waals surface area contributed by atoms with E-state index in [1.54, 1.807) is 32.0 Å². The van der Waals surface area contributed by atoms with E-state index in [1.807, 2.05) is 0 Å². The summed E-state index contributed by atoms with van der Waals surface area (Å²) < 4.78 is 78.9. The molecule has 26 heavy (non-hydrogen) atoms. The molecule has 135 valence electrons. The quantitative estimate of drug-likeness (QED) is 0.408. The molecule has 1 radical (unpaired) electrons. The summed E-state index contributed by atoms with van der Waals surface area (Å²) in [6.07, 6.45) is -10.1. The van der Waals surface area contributed by atoms with Crippen LogP contribution < -0.4 is 5.30 Å². The molecule has 1 atom stereocenters. The van der Waals surface area contributed by atoms with Gasteiger partial charge in [-0.1, -0.05) is 29.8 Å². The van der Waals surface area contributed by atoms with E-state index in [9.17, 15) is 31.1 Å². The Morgan fingerprint density at radius 2 is 1.38 bits per heavy atom. The molecule has 0 amide bonds. The molecule has 0 heterocycles. The van der Waals surface area contributed by atoms with Gasteiger partial charge >= 0.3 is 12.4 Å². The van der Waals surface area contributed by atoms with Crippen molar-refractivity contribution in [3.63, 3.8) is 0 Å². The summed E-state index contributed by atoms with van der Waals surface area (Å²) in [7, 11) is -0.837. The molecule has 1 nitrogen and oxygen atoms in total. The Morgan fingerprint density at radius 3 is 1.85 bits per heavy atom. The standard InChI is InChI=1S/C17H13F6OP.Li/c1-9-6-7-10(2)13(8-9)25-15(24)14-11(16(18,19)20)4-3-5-12(14)17(21,22)23;/h3-8,25H,1-2H3;. The van der Waals surface area contributed by atoms with Crippen LogP contribution in [0.2, 0.25) is 0 Å². The van der Waals surface area contributed by atoms with Crippen LogP contribution >= 0.6 is 8.58 Å². The molecule has 0 saturated carbocycles. The van der Waals surface area contributed by atoms with Gasteiger partial charge in [0.2, 0.25) is 0 Å². The molecule has 0 aliphatic rings. The van der Waals surface area contributed by atoms with Crippen LogP contribution in [-0.4, -0.2) is 24.4 Å². The van der Waals surface area contributed by atoms with Gasteiger partial charge in [-0.05, 0) is 45.4 Å². The number of halogens is 6. The van der Waals surface area contributed by atoms with Crippen LogP contribution in [0.3, 0.4) is 0 Å². The van der Waals surface area contributed by atoms with E-state index in [1.165, 1.54) is 0 Å². The van der Waals surface area contributed by atoms with Crippen LogP contribution in [0.25, 0.3) is 0 Å².